The van der Waals surface area contributed by atoms with Crippen molar-refractivity contribution >= 4 is 10.8 Å². The van der Waals surface area contributed by atoms with Gasteiger partial charge in [-0.05, 0) is 41.8 Å². The van der Waals surface area contributed by atoms with E-state index in [1.165, 1.54) is 0 Å². The topological polar surface area (TPSA) is 53.5 Å². The van der Waals surface area contributed by atoms with E-state index in [1.54, 1.807) is 0 Å². The SMILES string of the molecule is Cc1ncc(-c2cc(OCCC3OCCCO3)cc3ccccc23)cn1. The van der Waals surface area contributed by atoms with E-state index in [0.29, 0.717) is 6.61 Å². The summed E-state index contributed by atoms with van der Waals surface area (Å²) in [7, 11) is 0. The highest BCUT2D eigenvalue weighted by Gasteiger charge is 2.14. The van der Waals surface area contributed by atoms with Crippen LogP contribution in [0.2, 0.25) is 0 Å². The van der Waals surface area contributed by atoms with E-state index in [-0.39, 0.29) is 6.29 Å². The Bertz CT molecular complexity index is 874. The minimum atomic E-state index is -0.158. The summed E-state index contributed by atoms with van der Waals surface area (Å²) < 4.78 is 17.1. The molecular weight excluding hydrogens is 328 g/mol. The molecule has 26 heavy (non-hydrogen) atoms. The molecule has 5 heteroatoms. The summed E-state index contributed by atoms with van der Waals surface area (Å²) in [5, 5.41) is 2.29. The van der Waals surface area contributed by atoms with E-state index in [1.807, 2.05) is 31.5 Å². The Hall–Kier alpha value is -2.50. The number of ether oxygens (including phenoxy) is 3. The second-order valence-corrected chi connectivity index (χ2v) is 6.37. The molecule has 2 heterocycles. The van der Waals surface area contributed by atoms with Gasteiger partial charge in [0.25, 0.3) is 0 Å². The van der Waals surface area contributed by atoms with Crippen LogP contribution in [0.3, 0.4) is 0 Å². The molecule has 1 saturated heterocycles. The van der Waals surface area contributed by atoms with Gasteiger partial charge >= 0.3 is 0 Å². The van der Waals surface area contributed by atoms with Crippen LogP contribution in [-0.4, -0.2) is 36.1 Å². The van der Waals surface area contributed by atoms with Crippen molar-refractivity contribution in [1.29, 1.82) is 0 Å². The minimum Gasteiger partial charge on any atom is -0.493 e. The van der Waals surface area contributed by atoms with Gasteiger partial charge in [0, 0.05) is 24.4 Å². The fourth-order valence-corrected chi connectivity index (χ4v) is 3.11. The van der Waals surface area contributed by atoms with Crippen molar-refractivity contribution in [3.8, 4) is 16.9 Å². The fraction of sp³-hybridized carbons (Fsp3) is 0.333. The second-order valence-electron chi connectivity index (χ2n) is 6.37. The van der Waals surface area contributed by atoms with Gasteiger partial charge < -0.3 is 14.2 Å². The molecular formula is C21H22N2O3. The first-order valence-electron chi connectivity index (χ1n) is 8.97. The zero-order chi connectivity index (χ0) is 17.8. The summed E-state index contributed by atoms with van der Waals surface area (Å²) in [5.74, 6) is 1.59. The van der Waals surface area contributed by atoms with Crippen LogP contribution in [0, 0.1) is 6.92 Å². The average Bonchev–Trinajstić information content (AvgIpc) is 2.69. The van der Waals surface area contributed by atoms with Crippen molar-refractivity contribution in [2.45, 2.75) is 26.1 Å². The number of nitrogens with zero attached hydrogens (tertiary/aromatic N) is 2. The third-order valence-electron chi connectivity index (χ3n) is 4.45. The van der Waals surface area contributed by atoms with Crippen LogP contribution >= 0.6 is 0 Å². The quantitative estimate of drug-likeness (QED) is 0.692. The molecule has 2 aromatic carbocycles. The van der Waals surface area contributed by atoms with Gasteiger partial charge in [-0.25, -0.2) is 9.97 Å². The molecule has 0 saturated carbocycles. The standard InChI is InChI=1S/C21H22N2O3/c1-15-22-13-17(14-23-15)20-12-18(11-16-5-2-3-6-19(16)20)24-10-7-21-25-8-4-9-26-21/h2-3,5-6,11-14,21H,4,7-10H2,1H3. The smallest absolute Gasteiger partial charge is 0.160 e. The molecule has 3 aromatic rings. The number of aromatic nitrogens is 2. The van der Waals surface area contributed by atoms with Gasteiger partial charge in [-0.2, -0.15) is 0 Å². The van der Waals surface area contributed by atoms with E-state index in [9.17, 15) is 0 Å². The number of aryl methyl sites for hydroxylation is 1. The molecule has 0 N–H and O–H groups in total. The summed E-state index contributed by atoms with van der Waals surface area (Å²) in [6.07, 6.45) is 5.24. The van der Waals surface area contributed by atoms with Gasteiger partial charge in [0.2, 0.25) is 0 Å². The van der Waals surface area contributed by atoms with Gasteiger partial charge in [0.1, 0.15) is 11.6 Å². The zero-order valence-electron chi connectivity index (χ0n) is 14.9. The molecule has 0 amide bonds. The van der Waals surface area contributed by atoms with Crippen LogP contribution in [0.25, 0.3) is 21.9 Å². The van der Waals surface area contributed by atoms with Gasteiger partial charge in [0.15, 0.2) is 6.29 Å². The highest BCUT2D eigenvalue weighted by molar-refractivity contribution is 5.97. The zero-order valence-corrected chi connectivity index (χ0v) is 14.9. The van der Waals surface area contributed by atoms with Crippen LogP contribution in [0.1, 0.15) is 18.7 Å². The first-order chi connectivity index (χ1) is 12.8. The largest absolute Gasteiger partial charge is 0.493 e. The summed E-state index contributed by atoms with van der Waals surface area (Å²) in [6, 6.07) is 12.4. The summed E-state index contributed by atoms with van der Waals surface area (Å²) >= 11 is 0. The Labute approximate surface area is 152 Å². The number of fused-ring (bicyclic) bond motifs is 1. The minimum absolute atomic E-state index is 0.158. The van der Waals surface area contributed by atoms with Crippen molar-refractivity contribution in [3.63, 3.8) is 0 Å². The number of rotatable bonds is 5. The lowest BCUT2D eigenvalue weighted by atomic mass is 10.00. The lowest BCUT2D eigenvalue weighted by Crippen LogP contribution is -2.26. The molecule has 0 bridgehead atoms. The van der Waals surface area contributed by atoms with E-state index in [4.69, 9.17) is 14.2 Å². The van der Waals surface area contributed by atoms with Crippen molar-refractivity contribution in [2.75, 3.05) is 19.8 Å². The summed E-state index contributed by atoms with van der Waals surface area (Å²) in [5.41, 5.74) is 2.06. The van der Waals surface area contributed by atoms with Gasteiger partial charge in [-0.15, -0.1) is 0 Å². The van der Waals surface area contributed by atoms with Crippen LogP contribution in [0.5, 0.6) is 5.75 Å². The number of benzene rings is 2. The molecule has 0 radical (unpaired) electrons. The summed E-state index contributed by atoms with van der Waals surface area (Å²) in [4.78, 5) is 8.66. The number of hydrogen-bond acceptors (Lipinski definition) is 5. The third-order valence-corrected chi connectivity index (χ3v) is 4.45. The van der Waals surface area contributed by atoms with Crippen LogP contribution in [0.15, 0.2) is 48.8 Å². The second kappa shape index (κ2) is 7.81. The molecule has 0 unspecified atom stereocenters. The number of hydrogen-bond donors (Lipinski definition) is 0. The summed E-state index contributed by atoms with van der Waals surface area (Å²) in [6.45, 7) is 3.96. The van der Waals surface area contributed by atoms with E-state index < -0.39 is 0 Å². The van der Waals surface area contributed by atoms with E-state index in [0.717, 1.165) is 59.5 Å². The Balaban J connectivity index is 1.58. The third kappa shape index (κ3) is 3.84. The Morgan fingerprint density at radius 2 is 1.85 bits per heavy atom. The molecule has 134 valence electrons. The Kier molecular flexibility index (Phi) is 5.09. The monoisotopic (exact) mass is 350 g/mol. The molecule has 1 aliphatic heterocycles. The van der Waals surface area contributed by atoms with Gasteiger partial charge in [-0.3, -0.25) is 0 Å². The van der Waals surface area contributed by atoms with E-state index in [2.05, 4.69) is 34.2 Å². The van der Waals surface area contributed by atoms with E-state index >= 15 is 0 Å². The molecule has 5 nitrogen and oxygen atoms in total. The van der Waals surface area contributed by atoms with Crippen molar-refractivity contribution in [3.05, 3.63) is 54.6 Å². The Morgan fingerprint density at radius 3 is 2.65 bits per heavy atom. The first-order valence-corrected chi connectivity index (χ1v) is 8.97. The van der Waals surface area contributed by atoms with Gasteiger partial charge in [-0.1, -0.05) is 24.3 Å². The molecule has 1 aromatic heterocycles. The molecule has 0 atom stereocenters. The fourth-order valence-electron chi connectivity index (χ4n) is 3.11. The molecule has 1 aliphatic rings. The van der Waals surface area contributed by atoms with Crippen LogP contribution < -0.4 is 4.74 Å². The Morgan fingerprint density at radius 1 is 1.08 bits per heavy atom. The van der Waals surface area contributed by atoms with Crippen LogP contribution in [0.4, 0.5) is 0 Å². The highest BCUT2D eigenvalue weighted by atomic mass is 16.7. The van der Waals surface area contributed by atoms with Crippen molar-refractivity contribution in [1.82, 2.24) is 9.97 Å². The van der Waals surface area contributed by atoms with Crippen molar-refractivity contribution in [2.24, 2.45) is 0 Å². The lowest BCUT2D eigenvalue weighted by molar-refractivity contribution is -0.183. The van der Waals surface area contributed by atoms with Gasteiger partial charge in [0.05, 0.1) is 19.8 Å². The average molecular weight is 350 g/mol. The molecule has 1 fully saturated rings. The van der Waals surface area contributed by atoms with Crippen molar-refractivity contribution < 1.29 is 14.2 Å². The highest BCUT2D eigenvalue weighted by Crippen LogP contribution is 2.32. The lowest BCUT2D eigenvalue weighted by Gasteiger charge is -2.23. The maximum atomic E-state index is 6.00. The maximum absolute atomic E-state index is 6.00. The molecule has 0 aliphatic carbocycles. The maximum Gasteiger partial charge on any atom is 0.160 e. The predicted molar refractivity (Wildman–Crippen MR) is 100 cm³/mol. The first kappa shape index (κ1) is 16.9. The van der Waals surface area contributed by atoms with Crippen LogP contribution in [-0.2, 0) is 9.47 Å². The predicted octanol–water partition coefficient (Wildman–Crippen LogP) is 4.14. The molecule has 4 rings (SSSR count). The normalized spacial score (nSPS) is 15.3. The molecule has 0 spiro atoms.